The van der Waals surface area contributed by atoms with Crippen molar-refractivity contribution in [2.45, 2.75) is 46.6 Å². The fourth-order valence-electron chi connectivity index (χ4n) is 2.05. The summed E-state index contributed by atoms with van der Waals surface area (Å²) in [7, 11) is 1.32. The van der Waals surface area contributed by atoms with Crippen LogP contribution in [-0.2, 0) is 14.3 Å². The zero-order valence-electron chi connectivity index (χ0n) is 12.7. The number of ether oxygens (including phenoxy) is 1. The van der Waals surface area contributed by atoms with Crippen molar-refractivity contribution in [3.63, 3.8) is 0 Å². The molecule has 0 heterocycles. The van der Waals surface area contributed by atoms with Crippen LogP contribution in [0.3, 0.4) is 0 Å². The van der Waals surface area contributed by atoms with E-state index >= 15 is 0 Å². The number of hydrogen-bond acceptors (Lipinski definition) is 4. The van der Waals surface area contributed by atoms with Crippen LogP contribution in [0.1, 0.15) is 40.5 Å². The molecule has 0 aliphatic heterocycles. The van der Waals surface area contributed by atoms with Gasteiger partial charge in [-0.3, -0.25) is 4.79 Å². The van der Waals surface area contributed by atoms with E-state index in [0.29, 0.717) is 18.9 Å². The molecule has 0 bridgehead atoms. The van der Waals surface area contributed by atoms with E-state index in [-0.39, 0.29) is 17.7 Å². The fraction of sp³-hybridized carbons (Fsp3) is 0.857. The molecule has 19 heavy (non-hydrogen) atoms. The van der Waals surface area contributed by atoms with Crippen LogP contribution in [-0.4, -0.2) is 31.6 Å². The maximum absolute atomic E-state index is 12.0. The van der Waals surface area contributed by atoms with Gasteiger partial charge < -0.3 is 15.8 Å². The van der Waals surface area contributed by atoms with Crippen molar-refractivity contribution >= 4 is 11.9 Å². The van der Waals surface area contributed by atoms with Crippen molar-refractivity contribution in [2.75, 3.05) is 13.7 Å². The van der Waals surface area contributed by atoms with E-state index in [1.807, 2.05) is 13.8 Å². The van der Waals surface area contributed by atoms with Gasteiger partial charge in [-0.2, -0.15) is 0 Å². The molecule has 5 heteroatoms. The summed E-state index contributed by atoms with van der Waals surface area (Å²) in [6, 6.07) is -0.588. The van der Waals surface area contributed by atoms with E-state index in [9.17, 15) is 9.59 Å². The number of carbonyl (C=O) groups excluding carboxylic acids is 2. The second-order valence-corrected chi connectivity index (χ2v) is 5.75. The largest absolute Gasteiger partial charge is 0.467 e. The molecule has 0 rings (SSSR count). The first-order valence-electron chi connectivity index (χ1n) is 6.89. The van der Waals surface area contributed by atoms with Gasteiger partial charge >= 0.3 is 5.97 Å². The van der Waals surface area contributed by atoms with E-state index in [1.165, 1.54) is 7.11 Å². The Morgan fingerprint density at radius 1 is 1.21 bits per heavy atom. The number of hydrogen-bond donors (Lipinski definition) is 2. The van der Waals surface area contributed by atoms with E-state index < -0.39 is 12.0 Å². The number of methoxy groups -OCH3 is 1. The van der Waals surface area contributed by atoms with Crippen LogP contribution in [0.5, 0.6) is 0 Å². The Hall–Kier alpha value is -1.10. The van der Waals surface area contributed by atoms with E-state index in [4.69, 9.17) is 10.5 Å². The highest BCUT2D eigenvalue weighted by Gasteiger charge is 2.25. The molecule has 0 aromatic rings. The van der Waals surface area contributed by atoms with Crippen molar-refractivity contribution < 1.29 is 14.3 Å². The van der Waals surface area contributed by atoms with Crippen molar-refractivity contribution in [3.05, 3.63) is 0 Å². The summed E-state index contributed by atoms with van der Waals surface area (Å²) in [5, 5.41) is 2.74. The lowest BCUT2D eigenvalue weighted by Gasteiger charge is -2.22. The van der Waals surface area contributed by atoms with Crippen LogP contribution in [0.25, 0.3) is 0 Å². The predicted octanol–water partition coefficient (Wildman–Crippen LogP) is 1.31. The lowest BCUT2D eigenvalue weighted by atomic mass is 9.93. The zero-order chi connectivity index (χ0) is 15.0. The molecule has 0 saturated carbocycles. The topological polar surface area (TPSA) is 81.4 Å². The molecule has 1 amide bonds. The maximum atomic E-state index is 12.0. The number of amides is 1. The van der Waals surface area contributed by atoms with Gasteiger partial charge in [-0.05, 0) is 30.7 Å². The highest BCUT2D eigenvalue weighted by atomic mass is 16.5. The quantitative estimate of drug-likeness (QED) is 0.653. The average molecular weight is 272 g/mol. The van der Waals surface area contributed by atoms with Crippen LogP contribution in [0.2, 0.25) is 0 Å². The SMILES string of the molecule is COC(=O)[C@@H](NC(=O)C[C@@H](CN)CC(C)C)C(C)C. The van der Waals surface area contributed by atoms with Crippen molar-refractivity contribution in [1.29, 1.82) is 0 Å². The van der Waals surface area contributed by atoms with Gasteiger partial charge in [0.25, 0.3) is 0 Å². The predicted molar refractivity (Wildman–Crippen MR) is 75.4 cm³/mol. The summed E-state index contributed by atoms with van der Waals surface area (Å²) in [5.41, 5.74) is 5.67. The Bertz CT molecular complexity index is 290. The zero-order valence-corrected chi connectivity index (χ0v) is 12.7. The van der Waals surface area contributed by atoms with E-state index in [0.717, 1.165) is 6.42 Å². The molecular formula is C14H28N2O3. The molecule has 0 radical (unpaired) electrons. The Morgan fingerprint density at radius 3 is 2.16 bits per heavy atom. The third-order valence-electron chi connectivity index (χ3n) is 3.05. The normalized spacial score (nSPS) is 14.3. The van der Waals surface area contributed by atoms with Crippen LogP contribution in [0.4, 0.5) is 0 Å². The maximum Gasteiger partial charge on any atom is 0.328 e. The molecule has 112 valence electrons. The molecule has 0 aromatic carbocycles. The fourth-order valence-corrected chi connectivity index (χ4v) is 2.05. The summed E-state index contributed by atoms with van der Waals surface area (Å²) in [6.07, 6.45) is 1.27. The Balaban J connectivity index is 4.44. The number of rotatable bonds is 8. The minimum absolute atomic E-state index is 0.00201. The molecule has 0 aliphatic carbocycles. The number of nitrogens with two attached hydrogens (primary N) is 1. The highest BCUT2D eigenvalue weighted by Crippen LogP contribution is 2.14. The standard InChI is InChI=1S/C14H28N2O3/c1-9(2)6-11(8-15)7-12(17)16-13(10(3)4)14(18)19-5/h9-11,13H,6-8,15H2,1-5H3,(H,16,17)/t11-,13-/m0/s1. The lowest BCUT2D eigenvalue weighted by Crippen LogP contribution is -2.45. The van der Waals surface area contributed by atoms with Gasteiger partial charge in [-0.1, -0.05) is 27.7 Å². The number of carbonyl (C=O) groups is 2. The highest BCUT2D eigenvalue weighted by molar-refractivity contribution is 5.84. The van der Waals surface area contributed by atoms with Crippen LogP contribution < -0.4 is 11.1 Å². The monoisotopic (exact) mass is 272 g/mol. The number of nitrogens with one attached hydrogen (secondary N) is 1. The first kappa shape index (κ1) is 17.9. The Labute approximate surface area is 116 Å². The minimum Gasteiger partial charge on any atom is -0.467 e. The van der Waals surface area contributed by atoms with E-state index in [1.54, 1.807) is 0 Å². The van der Waals surface area contributed by atoms with Gasteiger partial charge in [0, 0.05) is 6.42 Å². The summed E-state index contributed by atoms with van der Waals surface area (Å²) >= 11 is 0. The molecule has 0 unspecified atom stereocenters. The van der Waals surface area contributed by atoms with Gasteiger partial charge in [0.05, 0.1) is 7.11 Å². The van der Waals surface area contributed by atoms with Crippen molar-refractivity contribution in [3.8, 4) is 0 Å². The van der Waals surface area contributed by atoms with Gasteiger partial charge in [-0.15, -0.1) is 0 Å². The summed E-state index contributed by atoms with van der Waals surface area (Å²) in [5.74, 6) is 0.114. The van der Waals surface area contributed by atoms with Gasteiger partial charge in [0.2, 0.25) is 5.91 Å². The second kappa shape index (κ2) is 8.91. The molecule has 0 aliphatic rings. The third kappa shape index (κ3) is 7.15. The average Bonchev–Trinajstić information content (AvgIpc) is 2.33. The molecule has 5 nitrogen and oxygen atoms in total. The Kier molecular flexibility index (Phi) is 8.39. The van der Waals surface area contributed by atoms with Gasteiger partial charge in [0.1, 0.15) is 6.04 Å². The smallest absolute Gasteiger partial charge is 0.328 e. The molecule has 3 N–H and O–H groups in total. The molecular weight excluding hydrogens is 244 g/mol. The summed E-state index contributed by atoms with van der Waals surface area (Å²) < 4.78 is 4.69. The van der Waals surface area contributed by atoms with Gasteiger partial charge in [0.15, 0.2) is 0 Å². The Morgan fingerprint density at radius 2 is 1.79 bits per heavy atom. The lowest BCUT2D eigenvalue weighted by molar-refractivity contribution is -0.146. The molecule has 0 saturated heterocycles. The first-order valence-corrected chi connectivity index (χ1v) is 6.89. The minimum atomic E-state index is -0.588. The second-order valence-electron chi connectivity index (χ2n) is 5.75. The molecule has 0 fully saturated rings. The van der Waals surface area contributed by atoms with Gasteiger partial charge in [-0.25, -0.2) is 4.79 Å². The van der Waals surface area contributed by atoms with Crippen LogP contribution in [0, 0.1) is 17.8 Å². The van der Waals surface area contributed by atoms with Crippen LogP contribution >= 0.6 is 0 Å². The van der Waals surface area contributed by atoms with Crippen LogP contribution in [0.15, 0.2) is 0 Å². The number of esters is 1. The molecule has 2 atom stereocenters. The molecule has 0 spiro atoms. The van der Waals surface area contributed by atoms with Crippen molar-refractivity contribution in [1.82, 2.24) is 5.32 Å². The third-order valence-corrected chi connectivity index (χ3v) is 3.05. The molecule has 0 aromatic heterocycles. The summed E-state index contributed by atoms with van der Waals surface area (Å²) in [4.78, 5) is 23.5. The van der Waals surface area contributed by atoms with E-state index in [2.05, 4.69) is 19.2 Å². The first-order chi connectivity index (χ1) is 8.81. The summed E-state index contributed by atoms with van der Waals surface area (Å²) in [6.45, 7) is 8.43. The van der Waals surface area contributed by atoms with Crippen molar-refractivity contribution in [2.24, 2.45) is 23.5 Å².